The third-order valence-corrected chi connectivity index (χ3v) is 2.80. The molecule has 14 heavy (non-hydrogen) atoms. The molecule has 3 N–H and O–H groups in total. The van der Waals surface area contributed by atoms with Crippen LogP contribution in [0.5, 0.6) is 0 Å². The van der Waals surface area contributed by atoms with Crippen LogP contribution in [0.3, 0.4) is 0 Å². The Bertz CT molecular complexity index is 185. The molecule has 5 heteroatoms. The smallest absolute Gasteiger partial charge is 0.306 e. The van der Waals surface area contributed by atoms with Gasteiger partial charge in [-0.1, -0.05) is 0 Å². The second-order valence-electron chi connectivity index (χ2n) is 3.81. The average Bonchev–Trinajstić information content (AvgIpc) is 2.19. The Morgan fingerprint density at radius 3 is 2.64 bits per heavy atom. The molecule has 1 rings (SSSR count). The van der Waals surface area contributed by atoms with Crippen molar-refractivity contribution in [2.24, 2.45) is 11.3 Å². The predicted molar refractivity (Wildman–Crippen MR) is 51.3 cm³/mol. The highest BCUT2D eigenvalue weighted by Gasteiger charge is 2.35. The summed E-state index contributed by atoms with van der Waals surface area (Å²) in [5.74, 6) is 4.90. The first-order valence-corrected chi connectivity index (χ1v) is 4.82. The third-order valence-electron chi connectivity index (χ3n) is 2.80. The number of nitrogens with two attached hydrogens (primary N) is 1. The van der Waals surface area contributed by atoms with E-state index < -0.39 is 0 Å². The number of carbonyl (C=O) groups excluding carboxylic acids is 1. The first-order chi connectivity index (χ1) is 6.72. The van der Waals surface area contributed by atoms with Crippen molar-refractivity contribution >= 4 is 5.97 Å². The van der Waals surface area contributed by atoms with Crippen LogP contribution in [0.25, 0.3) is 0 Å². The lowest BCUT2D eigenvalue weighted by molar-refractivity contribution is -0.145. The van der Waals surface area contributed by atoms with E-state index in [4.69, 9.17) is 10.7 Å². The van der Waals surface area contributed by atoms with Crippen LogP contribution in [-0.4, -0.2) is 32.8 Å². The van der Waals surface area contributed by atoms with Crippen LogP contribution in [0, 0.1) is 5.41 Å². The van der Waals surface area contributed by atoms with Gasteiger partial charge < -0.3 is 14.9 Å². The second kappa shape index (κ2) is 5.29. The summed E-state index contributed by atoms with van der Waals surface area (Å²) in [6.45, 7) is 2.23. The zero-order valence-electron chi connectivity index (χ0n) is 8.54. The third kappa shape index (κ3) is 2.94. The molecular weight excluding hydrogens is 184 g/mol. The van der Waals surface area contributed by atoms with Crippen molar-refractivity contribution in [3.05, 3.63) is 0 Å². The zero-order valence-corrected chi connectivity index (χ0v) is 8.54. The number of carbonyl (C=O) groups is 1. The number of methoxy groups -OCH3 is 1. The molecule has 0 aromatic carbocycles. The maximum atomic E-state index is 11.2. The van der Waals surface area contributed by atoms with E-state index in [1.54, 1.807) is 0 Å². The molecule has 1 fully saturated rings. The maximum Gasteiger partial charge on any atom is 0.306 e. The van der Waals surface area contributed by atoms with Gasteiger partial charge in [-0.25, -0.2) is 5.90 Å². The minimum absolute atomic E-state index is 0.132. The Labute approximate surface area is 83.9 Å². The summed E-state index contributed by atoms with van der Waals surface area (Å²) < 4.78 is 4.67. The summed E-state index contributed by atoms with van der Waals surface area (Å²) in [6.07, 6.45) is 2.20. The Morgan fingerprint density at radius 2 is 2.14 bits per heavy atom. The van der Waals surface area contributed by atoms with Gasteiger partial charge in [-0.3, -0.25) is 4.79 Å². The molecule has 1 heterocycles. The molecule has 0 bridgehead atoms. The van der Waals surface area contributed by atoms with Crippen molar-refractivity contribution in [1.29, 1.82) is 0 Å². The largest absolute Gasteiger partial charge is 0.469 e. The summed E-state index contributed by atoms with van der Waals surface area (Å²) in [4.78, 5) is 15.9. The van der Waals surface area contributed by atoms with E-state index in [1.165, 1.54) is 7.11 Å². The van der Waals surface area contributed by atoms with Crippen molar-refractivity contribution in [2.45, 2.75) is 19.3 Å². The topological polar surface area (TPSA) is 73.6 Å². The summed E-state index contributed by atoms with van der Waals surface area (Å²) in [5, 5.41) is 3.24. The van der Waals surface area contributed by atoms with Crippen LogP contribution >= 0.6 is 0 Å². The molecule has 1 aliphatic heterocycles. The molecule has 1 saturated heterocycles. The van der Waals surface area contributed by atoms with Crippen LogP contribution in [0.1, 0.15) is 19.3 Å². The number of piperidine rings is 1. The number of rotatable bonds is 4. The maximum absolute atomic E-state index is 11.2. The van der Waals surface area contributed by atoms with Gasteiger partial charge in [0.25, 0.3) is 0 Å². The van der Waals surface area contributed by atoms with Crippen molar-refractivity contribution < 1.29 is 14.4 Å². The van der Waals surface area contributed by atoms with E-state index in [9.17, 15) is 4.79 Å². The number of esters is 1. The van der Waals surface area contributed by atoms with Gasteiger partial charge in [0, 0.05) is 5.41 Å². The number of hydrogen-bond donors (Lipinski definition) is 2. The van der Waals surface area contributed by atoms with E-state index in [-0.39, 0.29) is 11.4 Å². The highest BCUT2D eigenvalue weighted by atomic mass is 16.6. The van der Waals surface area contributed by atoms with E-state index in [2.05, 4.69) is 10.1 Å². The molecule has 5 nitrogen and oxygen atoms in total. The minimum Gasteiger partial charge on any atom is -0.469 e. The SMILES string of the molecule is COC(=O)CC1(CON)CCNCC1. The number of hydrogen-bond acceptors (Lipinski definition) is 5. The predicted octanol–water partition coefficient (Wildman–Crippen LogP) is -0.190. The lowest BCUT2D eigenvalue weighted by Gasteiger charge is -2.35. The molecule has 0 aromatic heterocycles. The van der Waals surface area contributed by atoms with Gasteiger partial charge in [-0.05, 0) is 25.9 Å². The van der Waals surface area contributed by atoms with Gasteiger partial charge in [0.1, 0.15) is 0 Å². The molecule has 82 valence electrons. The molecule has 1 aliphatic rings. The van der Waals surface area contributed by atoms with E-state index in [0.29, 0.717) is 13.0 Å². The van der Waals surface area contributed by atoms with Gasteiger partial charge in [-0.15, -0.1) is 0 Å². The Morgan fingerprint density at radius 1 is 1.50 bits per heavy atom. The molecule has 0 amide bonds. The standard InChI is InChI=1S/C9H18N2O3/c1-13-8(12)6-9(7-14-10)2-4-11-5-3-9/h11H,2-7,10H2,1H3. The quantitative estimate of drug-likeness (QED) is 0.488. The normalized spacial score (nSPS) is 20.4. The minimum atomic E-state index is -0.191. The zero-order chi connectivity index (χ0) is 10.4. The Hall–Kier alpha value is -0.650. The molecule has 0 unspecified atom stereocenters. The lowest BCUT2D eigenvalue weighted by Crippen LogP contribution is -2.42. The molecule has 0 spiro atoms. The van der Waals surface area contributed by atoms with Gasteiger partial charge in [-0.2, -0.15) is 0 Å². The van der Waals surface area contributed by atoms with E-state index >= 15 is 0 Å². The first kappa shape index (κ1) is 11.4. The van der Waals surface area contributed by atoms with E-state index in [0.717, 1.165) is 25.9 Å². The van der Waals surface area contributed by atoms with E-state index in [1.807, 2.05) is 0 Å². The molecule has 0 saturated carbocycles. The molecule has 0 atom stereocenters. The van der Waals surface area contributed by atoms with Gasteiger partial charge in [0.15, 0.2) is 0 Å². The molecular formula is C9H18N2O3. The number of ether oxygens (including phenoxy) is 1. The summed E-state index contributed by atoms with van der Waals surface area (Å²) in [5.41, 5.74) is -0.132. The summed E-state index contributed by atoms with van der Waals surface area (Å²) >= 11 is 0. The highest BCUT2D eigenvalue weighted by Crippen LogP contribution is 2.32. The van der Waals surface area contributed by atoms with Crippen LogP contribution in [0.15, 0.2) is 0 Å². The highest BCUT2D eigenvalue weighted by molar-refractivity contribution is 5.70. The average molecular weight is 202 g/mol. The lowest BCUT2D eigenvalue weighted by atomic mass is 9.77. The monoisotopic (exact) mass is 202 g/mol. The fourth-order valence-electron chi connectivity index (χ4n) is 1.88. The van der Waals surface area contributed by atoms with Crippen LogP contribution in [0.2, 0.25) is 0 Å². The van der Waals surface area contributed by atoms with Crippen molar-refractivity contribution in [3.8, 4) is 0 Å². The van der Waals surface area contributed by atoms with Gasteiger partial charge in [0.2, 0.25) is 0 Å². The molecule has 0 radical (unpaired) electrons. The molecule has 0 aliphatic carbocycles. The first-order valence-electron chi connectivity index (χ1n) is 4.82. The fraction of sp³-hybridized carbons (Fsp3) is 0.889. The Balaban J connectivity index is 2.55. The van der Waals surface area contributed by atoms with Crippen LogP contribution < -0.4 is 11.2 Å². The van der Waals surface area contributed by atoms with Crippen LogP contribution in [-0.2, 0) is 14.4 Å². The Kier molecular flexibility index (Phi) is 4.31. The number of nitrogens with one attached hydrogen (secondary N) is 1. The van der Waals surface area contributed by atoms with Crippen molar-refractivity contribution in [1.82, 2.24) is 5.32 Å². The van der Waals surface area contributed by atoms with Gasteiger partial charge >= 0.3 is 5.97 Å². The fourth-order valence-corrected chi connectivity index (χ4v) is 1.88. The van der Waals surface area contributed by atoms with Crippen molar-refractivity contribution in [3.63, 3.8) is 0 Å². The van der Waals surface area contributed by atoms with Crippen molar-refractivity contribution in [2.75, 3.05) is 26.8 Å². The second-order valence-corrected chi connectivity index (χ2v) is 3.81. The van der Waals surface area contributed by atoms with Crippen LogP contribution in [0.4, 0.5) is 0 Å². The van der Waals surface area contributed by atoms with Gasteiger partial charge in [0.05, 0.1) is 20.1 Å². The molecule has 0 aromatic rings. The summed E-state index contributed by atoms with van der Waals surface area (Å²) in [6, 6.07) is 0. The summed E-state index contributed by atoms with van der Waals surface area (Å²) in [7, 11) is 1.40.